The molecule has 0 bridgehead atoms. The van der Waals surface area contributed by atoms with Gasteiger partial charge in [-0.3, -0.25) is 0 Å². The molecule has 0 aliphatic heterocycles. The van der Waals surface area contributed by atoms with E-state index in [-0.39, 0.29) is 12.2 Å². The van der Waals surface area contributed by atoms with Crippen LogP contribution in [0.15, 0.2) is 174 Å². The van der Waals surface area contributed by atoms with Gasteiger partial charge in [0.2, 0.25) is 11.8 Å². The third-order valence-electron chi connectivity index (χ3n) is 16.7. The summed E-state index contributed by atoms with van der Waals surface area (Å²) < 4.78 is 32.6. The minimum absolute atomic E-state index is 0.241. The van der Waals surface area contributed by atoms with Crippen molar-refractivity contribution in [3.63, 3.8) is 0 Å². The molecule has 9 aromatic rings. The van der Waals surface area contributed by atoms with Gasteiger partial charge in [-0.2, -0.15) is 0 Å². The SMILES string of the molecule is CCCCCOc1ccc(C2(c3ccccc3)c3cc(-c4ccc(COC5CCC(OCc6ccc(C)cc6)CC5)cc4)ccc3-c3ccc(-c4ccc(-c5nnc(-c6ccc(C)c(C)c6)o5)c(C)c4)cc32)cc1OCCCCC. The van der Waals surface area contributed by atoms with Crippen molar-refractivity contribution in [2.75, 3.05) is 13.2 Å². The Hall–Kier alpha value is -7.58. The van der Waals surface area contributed by atoms with Crippen LogP contribution in [0, 0.1) is 27.7 Å². The molecule has 1 fully saturated rings. The number of fused-ring (bicyclic) bond motifs is 3. The summed E-state index contributed by atoms with van der Waals surface area (Å²) in [5.74, 6) is 2.61. The maximum Gasteiger partial charge on any atom is 0.248 e. The Bertz CT molecular complexity index is 3540. The number of ether oxygens (including phenoxy) is 4. The van der Waals surface area contributed by atoms with Crippen LogP contribution in [0.5, 0.6) is 11.5 Å². The number of rotatable bonds is 22. The predicted molar refractivity (Wildman–Crippen MR) is 324 cm³/mol. The molecule has 1 aromatic heterocycles. The number of aromatic nitrogens is 2. The Labute approximate surface area is 474 Å². The molecule has 0 saturated heterocycles. The second-order valence-corrected chi connectivity index (χ2v) is 22.4. The minimum atomic E-state index is -0.720. The number of hydrogen-bond acceptors (Lipinski definition) is 7. The molecular formula is C73H76N2O5. The largest absolute Gasteiger partial charge is 0.490 e. The molecule has 0 spiro atoms. The molecule has 1 atom stereocenters. The lowest BCUT2D eigenvalue weighted by molar-refractivity contribution is -0.0419. The molecule has 7 nitrogen and oxygen atoms in total. The second kappa shape index (κ2) is 24.8. The highest BCUT2D eigenvalue weighted by atomic mass is 16.5. The zero-order chi connectivity index (χ0) is 55.0. The van der Waals surface area contributed by atoms with Gasteiger partial charge in [-0.15, -0.1) is 10.2 Å². The molecule has 2 aliphatic carbocycles. The first-order valence-electron chi connectivity index (χ1n) is 29.3. The van der Waals surface area contributed by atoms with Crippen LogP contribution < -0.4 is 9.47 Å². The van der Waals surface area contributed by atoms with Crippen LogP contribution in [0.2, 0.25) is 0 Å². The Kier molecular flexibility index (Phi) is 16.9. The number of aryl methyl sites for hydroxylation is 4. The first-order valence-corrected chi connectivity index (χ1v) is 29.3. The van der Waals surface area contributed by atoms with Crippen LogP contribution in [-0.2, 0) is 28.1 Å². The summed E-state index contributed by atoms with van der Waals surface area (Å²) in [6.07, 6.45) is 11.1. The van der Waals surface area contributed by atoms with Gasteiger partial charge in [-0.05, 0) is 192 Å². The average molecular weight is 1060 g/mol. The molecule has 0 radical (unpaired) electrons. The van der Waals surface area contributed by atoms with Gasteiger partial charge in [0.25, 0.3) is 0 Å². The van der Waals surface area contributed by atoms with Crippen LogP contribution in [0.4, 0.5) is 0 Å². The van der Waals surface area contributed by atoms with Crippen LogP contribution in [0.1, 0.15) is 134 Å². The summed E-state index contributed by atoms with van der Waals surface area (Å²) in [4.78, 5) is 0. The summed E-state index contributed by atoms with van der Waals surface area (Å²) >= 11 is 0. The summed E-state index contributed by atoms with van der Waals surface area (Å²) in [6.45, 7) is 15.5. The van der Waals surface area contributed by atoms with E-state index in [1.807, 2.05) is 6.07 Å². The van der Waals surface area contributed by atoms with Crippen LogP contribution in [0.25, 0.3) is 56.3 Å². The molecular weight excluding hydrogens is 985 g/mol. The van der Waals surface area contributed by atoms with Crippen molar-refractivity contribution in [1.82, 2.24) is 10.2 Å². The molecule has 0 N–H and O–H groups in total. The molecule has 0 amide bonds. The second-order valence-electron chi connectivity index (χ2n) is 22.4. The molecule has 1 unspecified atom stereocenters. The van der Waals surface area contributed by atoms with E-state index in [1.54, 1.807) is 0 Å². The van der Waals surface area contributed by atoms with Gasteiger partial charge in [-0.1, -0.05) is 172 Å². The van der Waals surface area contributed by atoms with Crippen LogP contribution in [-0.4, -0.2) is 35.6 Å². The summed E-state index contributed by atoms with van der Waals surface area (Å²) in [5.41, 5.74) is 20.0. The number of hydrogen-bond donors (Lipinski definition) is 0. The Morgan fingerprint density at radius 2 is 0.963 bits per heavy atom. The van der Waals surface area contributed by atoms with Crippen molar-refractivity contribution >= 4 is 0 Å². The Morgan fingerprint density at radius 1 is 0.438 bits per heavy atom. The topological polar surface area (TPSA) is 75.8 Å². The van der Waals surface area contributed by atoms with Crippen molar-refractivity contribution < 1.29 is 23.4 Å². The molecule has 408 valence electrons. The van der Waals surface area contributed by atoms with Gasteiger partial charge in [-0.25, -0.2) is 0 Å². The fourth-order valence-corrected chi connectivity index (χ4v) is 11.9. The first kappa shape index (κ1) is 54.4. The molecule has 80 heavy (non-hydrogen) atoms. The van der Waals surface area contributed by atoms with E-state index in [2.05, 4.69) is 216 Å². The van der Waals surface area contributed by atoms with E-state index in [9.17, 15) is 0 Å². The van der Waals surface area contributed by atoms with E-state index in [0.717, 1.165) is 120 Å². The standard InChI is InChI=1S/C73H76N2O5/c1-7-9-14-40-76-69-39-31-61(46-70(69)77-41-15-10-8-2)73(60-16-12-11-13-17-60)67-44-57(55-26-23-54(24-27-55)48-79-63-34-32-62(33-35-63)78-47-53-21-18-49(3)19-22-53)29-37-65(67)66-38-30-58(45-68(66)73)56-28-36-64(52(6)43-56)72-75-74-71(80-72)59-25-20-50(4)51(5)42-59/h11-13,16-31,36-39,42-46,62-63H,7-10,14-15,32-35,40-41,47-48H2,1-6H3. The molecule has 1 saturated carbocycles. The number of unbranched alkanes of at least 4 members (excludes halogenated alkanes) is 4. The van der Waals surface area contributed by atoms with Gasteiger partial charge in [0.1, 0.15) is 0 Å². The molecule has 8 aromatic carbocycles. The number of nitrogens with zero attached hydrogens (tertiary/aromatic N) is 2. The Balaban J connectivity index is 0.930. The average Bonchev–Trinajstić information content (AvgIpc) is 4.29. The van der Waals surface area contributed by atoms with Crippen LogP contribution >= 0.6 is 0 Å². The zero-order valence-corrected chi connectivity index (χ0v) is 47.7. The van der Waals surface area contributed by atoms with Gasteiger partial charge in [0.15, 0.2) is 11.5 Å². The van der Waals surface area contributed by atoms with Gasteiger partial charge in [0.05, 0.1) is 44.1 Å². The van der Waals surface area contributed by atoms with Crippen molar-refractivity contribution in [2.45, 2.75) is 137 Å². The van der Waals surface area contributed by atoms with Crippen molar-refractivity contribution in [2.24, 2.45) is 0 Å². The lowest BCUT2D eigenvalue weighted by Gasteiger charge is -2.35. The molecule has 2 aliphatic rings. The normalized spacial score (nSPS) is 16.6. The lowest BCUT2D eigenvalue weighted by Crippen LogP contribution is -2.29. The lowest BCUT2D eigenvalue weighted by atomic mass is 9.67. The Morgan fingerprint density at radius 3 is 1.56 bits per heavy atom. The van der Waals surface area contributed by atoms with E-state index in [4.69, 9.17) is 23.4 Å². The fourth-order valence-electron chi connectivity index (χ4n) is 11.9. The van der Waals surface area contributed by atoms with Gasteiger partial charge < -0.3 is 23.4 Å². The zero-order valence-electron chi connectivity index (χ0n) is 47.7. The molecule has 7 heteroatoms. The van der Waals surface area contributed by atoms with E-state index < -0.39 is 5.41 Å². The smallest absolute Gasteiger partial charge is 0.248 e. The third-order valence-corrected chi connectivity index (χ3v) is 16.7. The van der Waals surface area contributed by atoms with E-state index >= 15 is 0 Å². The highest BCUT2D eigenvalue weighted by Gasteiger charge is 2.47. The van der Waals surface area contributed by atoms with Gasteiger partial charge in [0, 0.05) is 11.1 Å². The van der Waals surface area contributed by atoms with Crippen molar-refractivity contribution in [3.05, 3.63) is 225 Å². The highest BCUT2D eigenvalue weighted by Crippen LogP contribution is 2.58. The first-order chi connectivity index (χ1) is 39.2. The molecule has 1 heterocycles. The fraction of sp³-hybridized carbons (Fsp3) is 0.315. The quantitative estimate of drug-likeness (QED) is 0.0626. The predicted octanol–water partition coefficient (Wildman–Crippen LogP) is 18.5. The van der Waals surface area contributed by atoms with Crippen molar-refractivity contribution in [1.29, 1.82) is 0 Å². The van der Waals surface area contributed by atoms with Crippen LogP contribution in [0.3, 0.4) is 0 Å². The summed E-state index contributed by atoms with van der Waals surface area (Å²) in [7, 11) is 0. The molecule has 11 rings (SSSR count). The van der Waals surface area contributed by atoms with E-state index in [0.29, 0.717) is 38.2 Å². The maximum absolute atomic E-state index is 6.78. The highest BCUT2D eigenvalue weighted by molar-refractivity contribution is 5.90. The number of benzene rings is 8. The minimum Gasteiger partial charge on any atom is -0.490 e. The summed E-state index contributed by atoms with van der Waals surface area (Å²) in [5, 5.41) is 9.00. The maximum atomic E-state index is 6.78. The van der Waals surface area contributed by atoms with Gasteiger partial charge >= 0.3 is 0 Å². The summed E-state index contributed by atoms with van der Waals surface area (Å²) in [6, 6.07) is 62.4. The van der Waals surface area contributed by atoms with E-state index in [1.165, 1.54) is 55.6 Å². The van der Waals surface area contributed by atoms with Crippen molar-refractivity contribution in [3.8, 4) is 67.8 Å². The monoisotopic (exact) mass is 1060 g/mol. The third kappa shape index (κ3) is 11.7.